The molecule has 1 N–H and O–H groups in total. The third kappa shape index (κ3) is 2.85. The van der Waals surface area contributed by atoms with Crippen molar-refractivity contribution in [3.05, 3.63) is 54.6 Å². The first-order valence-corrected chi connectivity index (χ1v) is 6.51. The molecule has 0 unspecified atom stereocenters. The molecule has 0 aliphatic heterocycles. The second-order valence-electron chi connectivity index (χ2n) is 4.56. The summed E-state index contributed by atoms with van der Waals surface area (Å²) in [7, 11) is 0. The van der Waals surface area contributed by atoms with Crippen LogP contribution < -0.4 is 5.32 Å². The maximum absolute atomic E-state index is 4.51. The van der Waals surface area contributed by atoms with Crippen molar-refractivity contribution in [3.63, 3.8) is 0 Å². The predicted molar refractivity (Wildman–Crippen MR) is 76.7 cm³/mol. The lowest BCUT2D eigenvalue weighted by molar-refractivity contribution is 0.522. The van der Waals surface area contributed by atoms with Gasteiger partial charge in [0.05, 0.1) is 18.4 Å². The maximum Gasteiger partial charge on any atom is 0.207 e. The second-order valence-corrected chi connectivity index (χ2v) is 4.56. The Morgan fingerprint density at radius 2 is 2.00 bits per heavy atom. The number of hydrogen-bond acceptors (Lipinski definition) is 4. The van der Waals surface area contributed by atoms with Gasteiger partial charge in [-0.25, -0.2) is 4.98 Å². The first kappa shape index (κ1) is 12.4. The SMILES string of the molecule is Cc1cn(CCn2ccnn2)c(Nc2ccccc2)n1. The minimum atomic E-state index is 0.763. The van der Waals surface area contributed by atoms with E-state index in [0.29, 0.717) is 0 Å². The highest BCUT2D eigenvalue weighted by Crippen LogP contribution is 2.16. The number of para-hydroxylation sites is 1. The first-order chi connectivity index (χ1) is 9.81. The van der Waals surface area contributed by atoms with Crippen molar-refractivity contribution in [2.75, 3.05) is 5.32 Å². The molecule has 0 aliphatic carbocycles. The molecule has 2 aromatic heterocycles. The van der Waals surface area contributed by atoms with E-state index >= 15 is 0 Å². The predicted octanol–water partition coefficient (Wildman–Crippen LogP) is 2.23. The highest BCUT2D eigenvalue weighted by molar-refractivity contribution is 5.53. The van der Waals surface area contributed by atoms with E-state index in [-0.39, 0.29) is 0 Å². The van der Waals surface area contributed by atoms with Crippen molar-refractivity contribution in [1.29, 1.82) is 0 Å². The number of imidazole rings is 1. The van der Waals surface area contributed by atoms with Crippen molar-refractivity contribution in [2.24, 2.45) is 0 Å². The minimum absolute atomic E-state index is 0.763. The number of benzene rings is 1. The molecule has 2 heterocycles. The highest BCUT2D eigenvalue weighted by Gasteiger charge is 2.06. The van der Waals surface area contributed by atoms with Crippen molar-refractivity contribution >= 4 is 11.6 Å². The standard InChI is InChI=1S/C14H16N6/c1-12-11-19(9-10-20-8-7-15-18-20)14(16-12)17-13-5-3-2-4-6-13/h2-8,11H,9-10H2,1H3,(H,16,17). The Bertz CT molecular complexity index is 656. The van der Waals surface area contributed by atoms with Gasteiger partial charge in [-0.15, -0.1) is 5.10 Å². The molecule has 6 heteroatoms. The number of hydrogen-bond donors (Lipinski definition) is 1. The molecule has 0 bridgehead atoms. The van der Waals surface area contributed by atoms with Gasteiger partial charge in [0.25, 0.3) is 0 Å². The molecule has 0 saturated heterocycles. The van der Waals surface area contributed by atoms with Crippen LogP contribution >= 0.6 is 0 Å². The van der Waals surface area contributed by atoms with Crippen LogP contribution in [-0.4, -0.2) is 24.5 Å². The third-order valence-electron chi connectivity index (χ3n) is 2.97. The summed E-state index contributed by atoms with van der Waals surface area (Å²) in [6.45, 7) is 3.54. The van der Waals surface area contributed by atoms with Gasteiger partial charge < -0.3 is 9.88 Å². The molecule has 0 saturated carbocycles. The van der Waals surface area contributed by atoms with E-state index < -0.39 is 0 Å². The van der Waals surface area contributed by atoms with Crippen LogP contribution in [0.1, 0.15) is 5.69 Å². The summed E-state index contributed by atoms with van der Waals surface area (Å²) in [6, 6.07) is 10.0. The van der Waals surface area contributed by atoms with Gasteiger partial charge >= 0.3 is 0 Å². The summed E-state index contributed by atoms with van der Waals surface area (Å²) in [4.78, 5) is 4.51. The summed E-state index contributed by atoms with van der Waals surface area (Å²) in [5, 5.41) is 11.1. The number of aromatic nitrogens is 5. The molecule has 3 rings (SSSR count). The Morgan fingerprint density at radius 1 is 1.15 bits per heavy atom. The van der Waals surface area contributed by atoms with Crippen molar-refractivity contribution < 1.29 is 0 Å². The molecule has 3 aromatic rings. The van der Waals surface area contributed by atoms with Gasteiger partial charge in [-0.1, -0.05) is 23.4 Å². The molecule has 0 fully saturated rings. The molecule has 0 aliphatic rings. The first-order valence-electron chi connectivity index (χ1n) is 6.51. The summed E-state index contributed by atoms with van der Waals surface area (Å²) in [6.07, 6.45) is 5.57. The largest absolute Gasteiger partial charge is 0.326 e. The van der Waals surface area contributed by atoms with Gasteiger partial charge in [0, 0.05) is 24.6 Å². The number of rotatable bonds is 5. The Morgan fingerprint density at radius 3 is 2.75 bits per heavy atom. The molecule has 0 radical (unpaired) electrons. The van der Waals surface area contributed by atoms with E-state index in [0.717, 1.165) is 30.4 Å². The van der Waals surface area contributed by atoms with Gasteiger partial charge in [0.1, 0.15) is 0 Å². The summed E-state index contributed by atoms with van der Waals surface area (Å²) in [5.41, 5.74) is 2.02. The smallest absolute Gasteiger partial charge is 0.207 e. The Labute approximate surface area is 117 Å². The molecule has 20 heavy (non-hydrogen) atoms. The molecule has 102 valence electrons. The average Bonchev–Trinajstić information content (AvgIpc) is 3.07. The number of nitrogens with one attached hydrogen (secondary N) is 1. The molecule has 0 spiro atoms. The summed E-state index contributed by atoms with van der Waals surface area (Å²) in [5.74, 6) is 0.841. The van der Waals surface area contributed by atoms with Crippen LogP contribution in [0.25, 0.3) is 0 Å². The van der Waals surface area contributed by atoms with E-state index in [9.17, 15) is 0 Å². The lowest BCUT2D eigenvalue weighted by Gasteiger charge is -2.09. The van der Waals surface area contributed by atoms with Crippen LogP contribution in [0.3, 0.4) is 0 Å². The van der Waals surface area contributed by atoms with Crippen LogP contribution in [0, 0.1) is 6.92 Å². The molecule has 1 aromatic carbocycles. The topological polar surface area (TPSA) is 60.6 Å². The zero-order valence-corrected chi connectivity index (χ0v) is 11.3. The van der Waals surface area contributed by atoms with Crippen LogP contribution in [0.4, 0.5) is 11.6 Å². The van der Waals surface area contributed by atoms with E-state index in [1.54, 1.807) is 6.20 Å². The quantitative estimate of drug-likeness (QED) is 0.771. The van der Waals surface area contributed by atoms with Gasteiger partial charge in [-0.05, 0) is 19.1 Å². The van der Waals surface area contributed by atoms with Crippen molar-refractivity contribution in [1.82, 2.24) is 24.5 Å². The minimum Gasteiger partial charge on any atom is -0.326 e. The van der Waals surface area contributed by atoms with Crippen LogP contribution in [0.5, 0.6) is 0 Å². The maximum atomic E-state index is 4.51. The summed E-state index contributed by atoms with van der Waals surface area (Å²) >= 11 is 0. The van der Waals surface area contributed by atoms with Crippen LogP contribution in [0.15, 0.2) is 48.9 Å². The highest BCUT2D eigenvalue weighted by atomic mass is 15.4. The Balaban J connectivity index is 1.74. The molecular formula is C14H16N6. The lowest BCUT2D eigenvalue weighted by atomic mass is 10.3. The Hall–Kier alpha value is -2.63. The van der Waals surface area contributed by atoms with Gasteiger partial charge in [-0.3, -0.25) is 4.68 Å². The average molecular weight is 268 g/mol. The zero-order valence-electron chi connectivity index (χ0n) is 11.3. The van der Waals surface area contributed by atoms with Crippen molar-refractivity contribution in [3.8, 4) is 0 Å². The fourth-order valence-corrected chi connectivity index (χ4v) is 2.03. The van der Waals surface area contributed by atoms with E-state index in [2.05, 4.69) is 25.2 Å². The Kier molecular flexibility index (Phi) is 3.45. The zero-order chi connectivity index (χ0) is 13.8. The normalized spacial score (nSPS) is 10.7. The van der Waals surface area contributed by atoms with E-state index in [4.69, 9.17) is 0 Å². The number of anilines is 2. The summed E-state index contributed by atoms with van der Waals surface area (Å²) < 4.78 is 3.89. The number of aryl methyl sites for hydroxylation is 3. The molecule has 0 atom stereocenters. The monoisotopic (exact) mass is 268 g/mol. The fourth-order valence-electron chi connectivity index (χ4n) is 2.03. The lowest BCUT2D eigenvalue weighted by Crippen LogP contribution is -2.09. The molecular weight excluding hydrogens is 252 g/mol. The van der Waals surface area contributed by atoms with Gasteiger partial charge in [-0.2, -0.15) is 0 Å². The van der Waals surface area contributed by atoms with Crippen LogP contribution in [-0.2, 0) is 13.1 Å². The van der Waals surface area contributed by atoms with E-state index in [1.807, 2.05) is 54.3 Å². The number of nitrogens with zero attached hydrogens (tertiary/aromatic N) is 5. The second kappa shape index (κ2) is 5.56. The van der Waals surface area contributed by atoms with Gasteiger partial charge in [0.2, 0.25) is 5.95 Å². The van der Waals surface area contributed by atoms with Crippen LogP contribution in [0.2, 0.25) is 0 Å². The van der Waals surface area contributed by atoms with Crippen molar-refractivity contribution in [2.45, 2.75) is 20.0 Å². The molecule has 6 nitrogen and oxygen atoms in total. The van der Waals surface area contributed by atoms with Gasteiger partial charge in [0.15, 0.2) is 0 Å². The fraction of sp³-hybridized carbons (Fsp3) is 0.214. The molecule has 0 amide bonds. The van der Waals surface area contributed by atoms with E-state index in [1.165, 1.54) is 0 Å². The third-order valence-corrected chi connectivity index (χ3v) is 2.97.